The Balaban J connectivity index is 3.40. The lowest BCUT2D eigenvalue weighted by atomic mass is 10.1. The smallest absolute Gasteiger partial charge is 0.176 e. The van der Waals surface area contributed by atoms with Gasteiger partial charge in [-0.15, -0.1) is 24.0 Å². The van der Waals surface area contributed by atoms with Crippen molar-refractivity contribution in [1.29, 1.82) is 0 Å². The molecule has 0 bridgehead atoms. The summed E-state index contributed by atoms with van der Waals surface area (Å²) in [5.41, 5.74) is 0.843. The second-order valence-electron chi connectivity index (χ2n) is 3.25. The van der Waals surface area contributed by atoms with E-state index >= 15 is 0 Å². The van der Waals surface area contributed by atoms with Crippen LogP contribution in [0.15, 0.2) is 14.5 Å². The van der Waals surface area contributed by atoms with Crippen molar-refractivity contribution in [2.45, 2.75) is 28.9 Å². The third-order valence-corrected chi connectivity index (χ3v) is 4.39. The summed E-state index contributed by atoms with van der Waals surface area (Å²) in [6, 6.07) is 0. The van der Waals surface area contributed by atoms with Gasteiger partial charge in [0.25, 0.3) is 0 Å². The van der Waals surface area contributed by atoms with Crippen molar-refractivity contribution in [3.63, 3.8) is 0 Å². The van der Waals surface area contributed by atoms with Gasteiger partial charge in [-0.1, -0.05) is 13.8 Å². The molecule has 1 aromatic rings. The van der Waals surface area contributed by atoms with Crippen LogP contribution in [0.5, 0.6) is 0 Å². The molecular weight excluding hydrogens is 224 g/mol. The van der Waals surface area contributed by atoms with Crippen LogP contribution in [0.25, 0.3) is 0 Å². The van der Waals surface area contributed by atoms with Gasteiger partial charge < -0.3 is 0 Å². The molecule has 1 aromatic heterocycles. The van der Waals surface area contributed by atoms with E-state index in [1.807, 2.05) is 13.8 Å². The van der Waals surface area contributed by atoms with Gasteiger partial charge in [-0.25, -0.2) is 8.42 Å². The Labute approximate surface area is 88.3 Å². The number of hydrogen-bond donors (Lipinski definition) is 1. The minimum absolute atomic E-state index is 0.198. The van der Waals surface area contributed by atoms with Crippen LogP contribution in [0.4, 0.5) is 0 Å². The molecule has 2 nitrogen and oxygen atoms in total. The highest BCUT2D eigenvalue weighted by atomic mass is 32.2. The van der Waals surface area contributed by atoms with E-state index in [0.717, 1.165) is 9.77 Å². The molecule has 74 valence electrons. The van der Waals surface area contributed by atoms with Crippen molar-refractivity contribution in [1.82, 2.24) is 0 Å². The van der Waals surface area contributed by atoms with Gasteiger partial charge in [0.05, 0.1) is 9.10 Å². The minimum atomic E-state index is -3.10. The quantitative estimate of drug-likeness (QED) is 0.801. The number of thiophene rings is 1. The molecule has 1 rings (SSSR count). The van der Waals surface area contributed by atoms with Crippen LogP contribution in [-0.4, -0.2) is 14.7 Å². The lowest BCUT2D eigenvalue weighted by molar-refractivity contribution is 0.600. The summed E-state index contributed by atoms with van der Waals surface area (Å²) in [6.07, 6.45) is 1.23. The predicted octanol–water partition coefficient (Wildman–Crippen LogP) is 2.56. The molecule has 0 aromatic carbocycles. The van der Waals surface area contributed by atoms with Gasteiger partial charge in [-0.05, 0) is 11.5 Å². The summed E-state index contributed by atoms with van der Waals surface area (Å²) in [7, 11) is -3.10. The lowest BCUT2D eigenvalue weighted by Gasteiger charge is -2.06. The zero-order valence-electron chi connectivity index (χ0n) is 7.73. The SMILES string of the molecule is CC(C)c1c(S(C)(=O)=O)csc1S. The first kappa shape index (κ1) is 11.1. The van der Waals surface area contributed by atoms with Gasteiger partial charge in [-0.3, -0.25) is 0 Å². The van der Waals surface area contributed by atoms with Crippen molar-refractivity contribution in [2.75, 3.05) is 6.26 Å². The van der Waals surface area contributed by atoms with E-state index in [2.05, 4.69) is 12.6 Å². The average molecular weight is 236 g/mol. The van der Waals surface area contributed by atoms with Crippen LogP contribution in [0.2, 0.25) is 0 Å². The molecule has 5 heteroatoms. The van der Waals surface area contributed by atoms with Crippen LogP contribution in [0.3, 0.4) is 0 Å². The van der Waals surface area contributed by atoms with Gasteiger partial charge >= 0.3 is 0 Å². The molecule has 0 amide bonds. The zero-order valence-corrected chi connectivity index (χ0v) is 10.3. The molecule has 0 aliphatic carbocycles. The summed E-state index contributed by atoms with van der Waals surface area (Å²) < 4.78 is 23.5. The highest BCUT2D eigenvalue weighted by molar-refractivity contribution is 7.91. The monoisotopic (exact) mass is 236 g/mol. The molecule has 0 saturated carbocycles. The maximum Gasteiger partial charge on any atom is 0.176 e. The first-order valence-electron chi connectivity index (χ1n) is 3.84. The normalized spacial score (nSPS) is 12.4. The van der Waals surface area contributed by atoms with Crippen molar-refractivity contribution in [3.8, 4) is 0 Å². The molecule has 0 aliphatic rings. The number of hydrogen-bond acceptors (Lipinski definition) is 4. The largest absolute Gasteiger partial charge is 0.224 e. The molecule has 13 heavy (non-hydrogen) atoms. The Kier molecular flexibility index (Phi) is 3.09. The summed E-state index contributed by atoms with van der Waals surface area (Å²) >= 11 is 5.62. The maximum atomic E-state index is 11.3. The fourth-order valence-electron chi connectivity index (χ4n) is 1.16. The second kappa shape index (κ2) is 3.63. The van der Waals surface area contributed by atoms with Crippen molar-refractivity contribution < 1.29 is 8.42 Å². The third kappa shape index (κ3) is 2.27. The summed E-state index contributed by atoms with van der Waals surface area (Å²) in [6.45, 7) is 3.94. The molecule has 0 fully saturated rings. The molecule has 0 radical (unpaired) electrons. The molecule has 0 unspecified atom stereocenters. The van der Waals surface area contributed by atoms with Crippen LogP contribution in [-0.2, 0) is 9.84 Å². The Morgan fingerprint density at radius 3 is 2.31 bits per heavy atom. The summed E-state index contributed by atoms with van der Waals surface area (Å²) in [5.74, 6) is 0.198. The van der Waals surface area contributed by atoms with E-state index in [9.17, 15) is 8.42 Å². The topological polar surface area (TPSA) is 34.1 Å². The molecule has 0 N–H and O–H groups in total. The number of rotatable bonds is 2. The molecule has 0 saturated heterocycles. The minimum Gasteiger partial charge on any atom is -0.224 e. The van der Waals surface area contributed by atoms with Gasteiger partial charge in [0.1, 0.15) is 0 Å². The van der Waals surface area contributed by atoms with E-state index in [-0.39, 0.29) is 5.92 Å². The maximum absolute atomic E-state index is 11.3. The van der Waals surface area contributed by atoms with Crippen LogP contribution in [0.1, 0.15) is 25.3 Å². The molecule has 1 heterocycles. The van der Waals surface area contributed by atoms with E-state index in [0.29, 0.717) is 4.90 Å². The van der Waals surface area contributed by atoms with Crippen molar-refractivity contribution >= 4 is 33.8 Å². The standard InChI is InChI=1S/C8H12O2S3/c1-5(2)7-6(13(3,9)10)4-12-8(7)11/h4-5,11H,1-3H3. The fraction of sp³-hybridized carbons (Fsp3) is 0.500. The third-order valence-electron chi connectivity index (χ3n) is 1.75. The van der Waals surface area contributed by atoms with Gasteiger partial charge in [-0.2, -0.15) is 0 Å². The predicted molar refractivity (Wildman–Crippen MR) is 58.8 cm³/mol. The van der Waals surface area contributed by atoms with E-state index in [4.69, 9.17) is 0 Å². The molecular formula is C8H12O2S3. The molecule has 0 atom stereocenters. The first-order chi connectivity index (χ1) is 5.84. The molecule has 0 aliphatic heterocycles. The highest BCUT2D eigenvalue weighted by Gasteiger charge is 2.19. The first-order valence-corrected chi connectivity index (χ1v) is 7.06. The number of sulfone groups is 1. The molecule has 0 spiro atoms. The Morgan fingerprint density at radius 1 is 1.46 bits per heavy atom. The van der Waals surface area contributed by atoms with Gasteiger partial charge in [0.2, 0.25) is 0 Å². The van der Waals surface area contributed by atoms with E-state index < -0.39 is 9.84 Å². The fourth-order valence-corrected chi connectivity index (χ4v) is 4.24. The Morgan fingerprint density at radius 2 is 2.00 bits per heavy atom. The van der Waals surface area contributed by atoms with Gasteiger partial charge in [0, 0.05) is 11.6 Å². The van der Waals surface area contributed by atoms with E-state index in [1.54, 1.807) is 5.38 Å². The Bertz CT molecular complexity index is 401. The summed E-state index contributed by atoms with van der Waals surface area (Å²) in [5, 5.41) is 1.66. The van der Waals surface area contributed by atoms with Crippen molar-refractivity contribution in [3.05, 3.63) is 10.9 Å². The van der Waals surface area contributed by atoms with Crippen LogP contribution in [0, 0.1) is 0 Å². The average Bonchev–Trinajstić information content (AvgIpc) is 2.28. The van der Waals surface area contributed by atoms with Crippen LogP contribution < -0.4 is 0 Å². The van der Waals surface area contributed by atoms with Gasteiger partial charge in [0.15, 0.2) is 9.84 Å². The van der Waals surface area contributed by atoms with E-state index in [1.165, 1.54) is 17.6 Å². The van der Waals surface area contributed by atoms with Crippen LogP contribution >= 0.6 is 24.0 Å². The lowest BCUT2D eigenvalue weighted by Crippen LogP contribution is -2.00. The Hall–Kier alpha value is -0.000000000000000111. The highest BCUT2D eigenvalue weighted by Crippen LogP contribution is 2.34. The number of thiol groups is 1. The zero-order chi connectivity index (χ0) is 10.2. The summed E-state index contributed by atoms with van der Waals surface area (Å²) in [4.78, 5) is 0.428. The van der Waals surface area contributed by atoms with Crippen molar-refractivity contribution in [2.24, 2.45) is 0 Å². The second-order valence-corrected chi connectivity index (χ2v) is 6.86.